The van der Waals surface area contributed by atoms with Gasteiger partial charge in [-0.1, -0.05) is 0 Å². The van der Waals surface area contributed by atoms with E-state index >= 15 is 0 Å². The summed E-state index contributed by atoms with van der Waals surface area (Å²) in [7, 11) is 0. The third-order valence-electron chi connectivity index (χ3n) is 2.27. The first kappa shape index (κ1) is 9.93. The summed E-state index contributed by atoms with van der Waals surface area (Å²) in [6.07, 6.45) is 9.01. The number of nitrogens with one attached hydrogen (secondary N) is 1. The molecule has 1 unspecified atom stereocenters. The van der Waals surface area contributed by atoms with Crippen LogP contribution in [0.3, 0.4) is 0 Å². The van der Waals surface area contributed by atoms with E-state index < -0.39 is 0 Å². The monoisotopic (exact) mass is 212 g/mol. The first-order chi connectivity index (χ1) is 6.81. The minimum absolute atomic E-state index is 0.219. The Morgan fingerprint density at radius 3 is 3.00 bits per heavy atom. The van der Waals surface area contributed by atoms with Gasteiger partial charge < -0.3 is 15.8 Å². The summed E-state index contributed by atoms with van der Waals surface area (Å²) in [6.45, 7) is 0.607. The van der Waals surface area contributed by atoms with Crippen molar-refractivity contribution in [3.05, 3.63) is 22.9 Å². The molecule has 0 aromatic rings. The molecule has 0 saturated heterocycles. The van der Waals surface area contributed by atoms with Crippen molar-refractivity contribution in [1.29, 1.82) is 0 Å². The highest BCUT2D eigenvalue weighted by molar-refractivity contribution is 8.02. The van der Waals surface area contributed by atoms with Crippen LogP contribution >= 0.6 is 11.8 Å². The van der Waals surface area contributed by atoms with Crippen LogP contribution in [0.25, 0.3) is 0 Å². The predicted octanol–water partition coefficient (Wildman–Crippen LogP) is 1.18. The lowest BCUT2D eigenvalue weighted by Crippen LogP contribution is -2.35. The molecule has 4 heteroatoms. The van der Waals surface area contributed by atoms with Crippen molar-refractivity contribution in [2.24, 2.45) is 5.73 Å². The van der Waals surface area contributed by atoms with E-state index in [9.17, 15) is 0 Å². The summed E-state index contributed by atoms with van der Waals surface area (Å²) in [5.74, 6) is 0.978. The van der Waals surface area contributed by atoms with E-state index in [-0.39, 0.29) is 6.04 Å². The maximum absolute atomic E-state index is 5.74. The molecule has 3 nitrogen and oxygen atoms in total. The van der Waals surface area contributed by atoms with Crippen LogP contribution in [0.4, 0.5) is 0 Å². The highest BCUT2D eigenvalue weighted by atomic mass is 32.2. The topological polar surface area (TPSA) is 47.3 Å². The molecule has 1 heterocycles. The van der Waals surface area contributed by atoms with Crippen LogP contribution in [-0.4, -0.2) is 24.9 Å². The van der Waals surface area contributed by atoms with Crippen molar-refractivity contribution in [2.75, 3.05) is 12.8 Å². The van der Waals surface area contributed by atoms with E-state index in [2.05, 4.69) is 17.5 Å². The second kappa shape index (κ2) is 4.28. The number of nitrogens with two attached hydrogens (primary N) is 1. The van der Waals surface area contributed by atoms with Crippen LogP contribution in [0, 0.1) is 0 Å². The first-order valence-electron chi connectivity index (χ1n) is 4.92. The second-order valence-electron chi connectivity index (χ2n) is 3.59. The molecule has 78 valence electrons. The van der Waals surface area contributed by atoms with Crippen molar-refractivity contribution >= 4 is 11.8 Å². The van der Waals surface area contributed by atoms with Gasteiger partial charge in [0.1, 0.15) is 5.76 Å². The summed E-state index contributed by atoms with van der Waals surface area (Å²) < 4.78 is 5.74. The van der Waals surface area contributed by atoms with Crippen molar-refractivity contribution in [3.8, 4) is 0 Å². The summed E-state index contributed by atoms with van der Waals surface area (Å²) in [6, 6.07) is 0.219. The number of ether oxygens (including phenoxy) is 1. The van der Waals surface area contributed by atoms with Gasteiger partial charge in [-0.25, -0.2) is 0 Å². The van der Waals surface area contributed by atoms with Gasteiger partial charge in [0.05, 0.1) is 17.2 Å². The molecule has 0 aromatic heterocycles. The van der Waals surface area contributed by atoms with Crippen LogP contribution in [0.1, 0.15) is 12.8 Å². The number of rotatable bonds is 4. The van der Waals surface area contributed by atoms with Crippen LogP contribution in [0.5, 0.6) is 0 Å². The lowest BCUT2D eigenvalue weighted by molar-refractivity contribution is 0.205. The number of dihydropyridines is 1. The number of allylic oxidation sites excluding steroid dienone is 1. The van der Waals surface area contributed by atoms with Crippen LogP contribution in [0.15, 0.2) is 22.9 Å². The Morgan fingerprint density at radius 2 is 2.43 bits per heavy atom. The third-order valence-corrected chi connectivity index (χ3v) is 2.94. The van der Waals surface area contributed by atoms with Crippen molar-refractivity contribution in [3.63, 3.8) is 0 Å². The minimum atomic E-state index is 0.219. The molecule has 3 N–H and O–H groups in total. The van der Waals surface area contributed by atoms with Gasteiger partial charge in [-0.2, -0.15) is 0 Å². The summed E-state index contributed by atoms with van der Waals surface area (Å²) in [4.78, 5) is 0. The van der Waals surface area contributed by atoms with E-state index in [0.717, 1.165) is 10.8 Å². The average Bonchev–Trinajstić information content (AvgIpc) is 3.01. The predicted molar refractivity (Wildman–Crippen MR) is 59.8 cm³/mol. The Hall–Kier alpha value is -0.610. The zero-order valence-electron chi connectivity index (χ0n) is 8.32. The fraction of sp³-hybridized carbons (Fsp3) is 0.600. The van der Waals surface area contributed by atoms with Gasteiger partial charge in [-0.15, -0.1) is 11.8 Å². The summed E-state index contributed by atoms with van der Waals surface area (Å²) in [5, 5.41) is 4.46. The Bertz CT molecular complexity index is 271. The zero-order chi connectivity index (χ0) is 9.97. The van der Waals surface area contributed by atoms with E-state index in [0.29, 0.717) is 12.6 Å². The Morgan fingerprint density at radius 1 is 1.64 bits per heavy atom. The second-order valence-corrected chi connectivity index (χ2v) is 4.43. The quantitative estimate of drug-likeness (QED) is 0.735. The summed E-state index contributed by atoms with van der Waals surface area (Å²) >= 11 is 1.69. The Balaban J connectivity index is 2.02. The van der Waals surface area contributed by atoms with Crippen molar-refractivity contribution in [2.45, 2.75) is 25.0 Å². The molecule has 1 atom stereocenters. The standard InChI is InChI=1S/C10H16N2OS/c1-14-10-5-9(13-8-2-3-8)4-7(6-11)12-10/h4-5,7-8,12H,2-3,6,11H2,1H3. The SMILES string of the molecule is CSC1=CC(OC2CC2)=CC(CN)N1. The van der Waals surface area contributed by atoms with Gasteiger partial charge in [0, 0.05) is 12.6 Å². The molecule has 0 bridgehead atoms. The van der Waals surface area contributed by atoms with E-state index in [1.165, 1.54) is 12.8 Å². The third kappa shape index (κ3) is 2.45. The van der Waals surface area contributed by atoms with Crippen LogP contribution in [-0.2, 0) is 4.74 Å². The first-order valence-corrected chi connectivity index (χ1v) is 6.15. The average molecular weight is 212 g/mol. The minimum Gasteiger partial charge on any atom is -0.491 e. The molecule has 0 amide bonds. The highest BCUT2D eigenvalue weighted by Gasteiger charge is 2.25. The lowest BCUT2D eigenvalue weighted by atomic mass is 10.2. The fourth-order valence-corrected chi connectivity index (χ4v) is 1.84. The van der Waals surface area contributed by atoms with Crippen LogP contribution in [0.2, 0.25) is 0 Å². The molecule has 0 aromatic carbocycles. The molecular formula is C10H16N2OS. The normalized spacial score (nSPS) is 26.3. The van der Waals surface area contributed by atoms with Crippen molar-refractivity contribution < 1.29 is 4.74 Å². The van der Waals surface area contributed by atoms with E-state index in [1.807, 2.05) is 6.26 Å². The molecule has 2 aliphatic rings. The largest absolute Gasteiger partial charge is 0.491 e. The van der Waals surface area contributed by atoms with Gasteiger partial charge in [0.2, 0.25) is 0 Å². The van der Waals surface area contributed by atoms with Gasteiger partial charge in [0.15, 0.2) is 0 Å². The van der Waals surface area contributed by atoms with Crippen LogP contribution < -0.4 is 11.1 Å². The van der Waals surface area contributed by atoms with Gasteiger partial charge >= 0.3 is 0 Å². The maximum Gasteiger partial charge on any atom is 0.120 e. The molecule has 0 radical (unpaired) electrons. The molecule has 1 saturated carbocycles. The van der Waals surface area contributed by atoms with Gasteiger partial charge in [0.25, 0.3) is 0 Å². The highest BCUT2D eigenvalue weighted by Crippen LogP contribution is 2.29. The Kier molecular flexibility index (Phi) is 3.03. The number of hydrogen-bond donors (Lipinski definition) is 2. The van der Waals surface area contributed by atoms with Gasteiger partial charge in [-0.05, 0) is 25.2 Å². The van der Waals surface area contributed by atoms with E-state index in [4.69, 9.17) is 10.5 Å². The molecule has 14 heavy (non-hydrogen) atoms. The smallest absolute Gasteiger partial charge is 0.120 e. The molecule has 0 spiro atoms. The fourth-order valence-electron chi connectivity index (χ4n) is 1.34. The lowest BCUT2D eigenvalue weighted by Gasteiger charge is -2.22. The molecule has 2 rings (SSSR count). The molecule has 1 aliphatic carbocycles. The summed E-state index contributed by atoms with van der Waals surface area (Å²) in [5.41, 5.74) is 5.63. The van der Waals surface area contributed by atoms with E-state index in [1.54, 1.807) is 11.8 Å². The molecular weight excluding hydrogens is 196 g/mol. The maximum atomic E-state index is 5.74. The molecule has 1 aliphatic heterocycles. The molecule has 1 fully saturated rings. The van der Waals surface area contributed by atoms with Gasteiger partial charge in [-0.3, -0.25) is 0 Å². The van der Waals surface area contributed by atoms with Crippen molar-refractivity contribution in [1.82, 2.24) is 5.32 Å². The number of hydrogen-bond acceptors (Lipinski definition) is 4. The Labute approximate surface area is 88.8 Å². The zero-order valence-corrected chi connectivity index (χ0v) is 9.14. The number of thioether (sulfide) groups is 1.